The summed E-state index contributed by atoms with van der Waals surface area (Å²) in [7, 11) is 0. The van der Waals surface area contributed by atoms with Crippen LogP contribution in [0, 0.1) is 6.92 Å². The van der Waals surface area contributed by atoms with Gasteiger partial charge in [-0.05, 0) is 57.7 Å². The number of hydrogen-bond acceptors (Lipinski definition) is 4. The van der Waals surface area contributed by atoms with Gasteiger partial charge in [-0.15, -0.1) is 0 Å². The average molecular weight is 396 g/mol. The number of benzene rings is 1. The molecule has 1 aromatic heterocycles. The Morgan fingerprint density at radius 2 is 1.83 bits per heavy atom. The van der Waals surface area contributed by atoms with Crippen LogP contribution in [-0.4, -0.2) is 52.4 Å². The second kappa shape index (κ2) is 8.27. The van der Waals surface area contributed by atoms with Crippen molar-refractivity contribution in [1.82, 2.24) is 20.0 Å². The lowest BCUT2D eigenvalue weighted by atomic mass is 10.1. The van der Waals surface area contributed by atoms with E-state index in [1.54, 1.807) is 11.8 Å². The van der Waals surface area contributed by atoms with Crippen molar-refractivity contribution in [2.45, 2.75) is 51.5 Å². The highest BCUT2D eigenvalue weighted by Gasteiger charge is 2.31. The molecule has 1 aromatic carbocycles. The summed E-state index contributed by atoms with van der Waals surface area (Å²) in [6.45, 7) is 5.42. The molecule has 0 spiro atoms. The number of rotatable bonds is 5. The number of hydrogen-bond donors (Lipinski definition) is 1. The highest BCUT2D eigenvalue weighted by Crippen LogP contribution is 2.41. The molecule has 2 heterocycles. The van der Waals surface area contributed by atoms with Gasteiger partial charge in [0.25, 0.3) is 5.91 Å². The summed E-state index contributed by atoms with van der Waals surface area (Å²) in [4.78, 5) is 26.3. The van der Waals surface area contributed by atoms with Crippen molar-refractivity contribution in [2.24, 2.45) is 0 Å². The molecule has 7 heteroatoms. The number of carbonyl (C=O) groups excluding carboxylic acids is 2. The first-order valence-corrected chi connectivity index (χ1v) is 10.4. The molecule has 2 amide bonds. The molecule has 0 atom stereocenters. The zero-order valence-corrected chi connectivity index (χ0v) is 17.1. The van der Waals surface area contributed by atoms with E-state index in [-0.39, 0.29) is 18.0 Å². The fraction of sp³-hybridized carbons (Fsp3) is 0.500. The molecule has 1 saturated heterocycles. The Morgan fingerprint density at radius 3 is 2.45 bits per heavy atom. The molecule has 7 nitrogen and oxygen atoms in total. The van der Waals surface area contributed by atoms with E-state index in [0.29, 0.717) is 31.3 Å². The third kappa shape index (κ3) is 4.44. The summed E-state index contributed by atoms with van der Waals surface area (Å²) < 4.78 is 6.96. The second-order valence-electron chi connectivity index (χ2n) is 7.91. The van der Waals surface area contributed by atoms with Crippen molar-refractivity contribution in [2.75, 3.05) is 19.7 Å². The van der Waals surface area contributed by atoms with Crippen LogP contribution in [0.2, 0.25) is 0 Å². The van der Waals surface area contributed by atoms with Gasteiger partial charge in [0.1, 0.15) is 0 Å². The lowest BCUT2D eigenvalue weighted by Crippen LogP contribution is -2.46. The number of amides is 2. The van der Waals surface area contributed by atoms with E-state index in [0.717, 1.165) is 37.1 Å². The van der Waals surface area contributed by atoms with Gasteiger partial charge in [0.2, 0.25) is 0 Å². The van der Waals surface area contributed by atoms with Gasteiger partial charge in [-0.3, -0.25) is 4.79 Å². The molecule has 154 valence electrons. The maximum Gasteiger partial charge on any atom is 0.409 e. The van der Waals surface area contributed by atoms with Gasteiger partial charge in [-0.25, -0.2) is 9.48 Å². The number of aromatic nitrogens is 2. The number of ether oxygens (including phenoxy) is 1. The monoisotopic (exact) mass is 396 g/mol. The number of nitrogens with one attached hydrogen (secondary N) is 1. The van der Waals surface area contributed by atoms with Crippen LogP contribution in [0.5, 0.6) is 0 Å². The predicted octanol–water partition coefficient (Wildman–Crippen LogP) is 3.41. The highest BCUT2D eigenvalue weighted by atomic mass is 16.6. The number of nitrogens with zero attached hydrogens (tertiary/aromatic N) is 3. The van der Waals surface area contributed by atoms with Crippen molar-refractivity contribution >= 4 is 12.0 Å². The number of likely N-dealkylation sites (tertiary alicyclic amines) is 1. The summed E-state index contributed by atoms with van der Waals surface area (Å²) in [6.07, 6.45) is 3.45. The van der Waals surface area contributed by atoms with Crippen LogP contribution in [-0.2, 0) is 4.74 Å². The molecule has 0 bridgehead atoms. The minimum atomic E-state index is -0.275. The molecule has 2 aliphatic rings. The minimum absolute atomic E-state index is 0.0436. The molecule has 1 saturated carbocycles. The maximum absolute atomic E-state index is 12.8. The standard InChI is InChI=1S/C22H28N4O3/c1-3-29-22(28)25-12-10-17(11-13-25)23-21(27)19-14-20(16-6-7-16)26(24-19)18-8-4-15(2)5-9-18/h4-5,8-9,14,16-17H,3,6-7,10-13H2,1-2H3,(H,23,27). The molecular formula is C22H28N4O3. The van der Waals surface area contributed by atoms with Gasteiger partial charge in [-0.1, -0.05) is 17.7 Å². The largest absolute Gasteiger partial charge is 0.450 e. The molecule has 29 heavy (non-hydrogen) atoms. The zero-order chi connectivity index (χ0) is 20.4. The third-order valence-corrected chi connectivity index (χ3v) is 5.60. The first kappa shape index (κ1) is 19.5. The molecule has 0 unspecified atom stereocenters. The van der Waals surface area contributed by atoms with Gasteiger partial charge in [-0.2, -0.15) is 5.10 Å². The smallest absolute Gasteiger partial charge is 0.409 e. The third-order valence-electron chi connectivity index (χ3n) is 5.60. The molecule has 2 aromatic rings. The Hall–Kier alpha value is -2.83. The molecule has 0 radical (unpaired) electrons. The summed E-state index contributed by atoms with van der Waals surface area (Å²) in [6, 6.07) is 10.2. The normalized spacial score (nSPS) is 17.2. The Balaban J connectivity index is 1.42. The topological polar surface area (TPSA) is 76.5 Å². The van der Waals surface area contributed by atoms with Crippen molar-refractivity contribution in [3.8, 4) is 5.69 Å². The van der Waals surface area contributed by atoms with Crippen molar-refractivity contribution in [1.29, 1.82) is 0 Å². The number of aryl methyl sites for hydroxylation is 1. The van der Waals surface area contributed by atoms with E-state index in [1.165, 1.54) is 5.56 Å². The average Bonchev–Trinajstić information content (AvgIpc) is 3.47. The lowest BCUT2D eigenvalue weighted by molar-refractivity contribution is 0.0856. The first-order valence-electron chi connectivity index (χ1n) is 10.4. The summed E-state index contributed by atoms with van der Waals surface area (Å²) in [5, 5.41) is 7.72. The van der Waals surface area contributed by atoms with E-state index < -0.39 is 0 Å². The van der Waals surface area contributed by atoms with E-state index in [2.05, 4.69) is 29.5 Å². The Labute approximate surface area is 171 Å². The lowest BCUT2D eigenvalue weighted by Gasteiger charge is -2.31. The SMILES string of the molecule is CCOC(=O)N1CCC(NC(=O)c2cc(C3CC3)n(-c3ccc(C)cc3)n2)CC1. The van der Waals surface area contributed by atoms with Crippen LogP contribution in [0.25, 0.3) is 5.69 Å². The van der Waals surface area contributed by atoms with Crippen molar-refractivity contribution < 1.29 is 14.3 Å². The fourth-order valence-electron chi connectivity index (χ4n) is 3.75. The molecule has 1 N–H and O–H groups in total. The van der Waals surface area contributed by atoms with Crippen LogP contribution in [0.3, 0.4) is 0 Å². The van der Waals surface area contributed by atoms with E-state index in [9.17, 15) is 9.59 Å². The van der Waals surface area contributed by atoms with Gasteiger partial charge in [0, 0.05) is 30.7 Å². The van der Waals surface area contributed by atoms with Gasteiger partial charge in [0.05, 0.1) is 12.3 Å². The Kier molecular flexibility index (Phi) is 5.56. The van der Waals surface area contributed by atoms with Gasteiger partial charge >= 0.3 is 6.09 Å². The first-order chi connectivity index (χ1) is 14.0. The van der Waals surface area contributed by atoms with Crippen LogP contribution < -0.4 is 5.32 Å². The fourth-order valence-corrected chi connectivity index (χ4v) is 3.75. The molecule has 2 fully saturated rings. The van der Waals surface area contributed by atoms with Gasteiger partial charge in [0.15, 0.2) is 5.69 Å². The number of piperidine rings is 1. The van der Waals surface area contributed by atoms with Crippen LogP contribution in [0.4, 0.5) is 4.79 Å². The highest BCUT2D eigenvalue weighted by molar-refractivity contribution is 5.92. The molecule has 1 aliphatic heterocycles. The van der Waals surface area contributed by atoms with Crippen LogP contribution in [0.15, 0.2) is 30.3 Å². The Morgan fingerprint density at radius 1 is 1.14 bits per heavy atom. The van der Waals surface area contributed by atoms with Crippen LogP contribution >= 0.6 is 0 Å². The zero-order valence-electron chi connectivity index (χ0n) is 17.1. The maximum atomic E-state index is 12.8. The molecule has 4 rings (SSSR count). The summed E-state index contributed by atoms with van der Waals surface area (Å²) in [5.74, 6) is 0.338. The van der Waals surface area contributed by atoms with E-state index in [4.69, 9.17) is 4.74 Å². The van der Waals surface area contributed by atoms with Crippen LogP contribution in [0.1, 0.15) is 60.3 Å². The number of carbonyl (C=O) groups is 2. The van der Waals surface area contributed by atoms with Crippen molar-refractivity contribution in [3.05, 3.63) is 47.3 Å². The summed E-state index contributed by atoms with van der Waals surface area (Å²) in [5.41, 5.74) is 3.75. The van der Waals surface area contributed by atoms with E-state index in [1.807, 2.05) is 22.9 Å². The second-order valence-corrected chi connectivity index (χ2v) is 7.91. The minimum Gasteiger partial charge on any atom is -0.450 e. The Bertz CT molecular complexity index is 878. The van der Waals surface area contributed by atoms with Crippen molar-refractivity contribution in [3.63, 3.8) is 0 Å². The predicted molar refractivity (Wildman–Crippen MR) is 109 cm³/mol. The van der Waals surface area contributed by atoms with E-state index >= 15 is 0 Å². The quantitative estimate of drug-likeness (QED) is 0.840. The van der Waals surface area contributed by atoms with Gasteiger partial charge < -0.3 is 15.0 Å². The molecule has 1 aliphatic carbocycles. The summed E-state index contributed by atoms with van der Waals surface area (Å²) >= 11 is 0. The molecular weight excluding hydrogens is 368 g/mol.